The molecule has 0 aliphatic rings. The van der Waals surface area contributed by atoms with Gasteiger partial charge in [0.15, 0.2) is 0 Å². The number of benzene rings is 1. The average Bonchev–Trinajstić information content (AvgIpc) is 2.83. The van der Waals surface area contributed by atoms with Crippen LogP contribution in [0.2, 0.25) is 0 Å². The van der Waals surface area contributed by atoms with Crippen LogP contribution >= 0.6 is 0 Å². The molecule has 0 aliphatic heterocycles. The van der Waals surface area contributed by atoms with Gasteiger partial charge in [-0.25, -0.2) is 9.67 Å². The Morgan fingerprint density at radius 1 is 1.20 bits per heavy atom. The van der Waals surface area contributed by atoms with Gasteiger partial charge in [-0.3, -0.25) is 0 Å². The monoisotopic (exact) mass is 273 g/mol. The van der Waals surface area contributed by atoms with E-state index < -0.39 is 0 Å². The number of hydrogen-bond donors (Lipinski definition) is 1. The number of nitrogens with zero attached hydrogens (tertiary/aromatic N) is 3. The topological polar surface area (TPSA) is 50.9 Å². The zero-order valence-electron chi connectivity index (χ0n) is 12.5. The van der Waals surface area contributed by atoms with Crippen LogP contribution in [0.4, 0.5) is 0 Å². The van der Waals surface area contributed by atoms with Gasteiger partial charge in [-0.15, -0.1) is 0 Å². The predicted molar refractivity (Wildman–Crippen MR) is 79.6 cm³/mol. The van der Waals surface area contributed by atoms with Crippen LogP contribution in [0.15, 0.2) is 30.6 Å². The third-order valence-corrected chi connectivity index (χ3v) is 3.43. The van der Waals surface area contributed by atoms with Gasteiger partial charge in [0.2, 0.25) is 0 Å². The fourth-order valence-electron chi connectivity index (χ4n) is 2.29. The molecule has 4 heteroatoms. The first kappa shape index (κ1) is 14.7. The molecule has 2 rings (SSSR count). The Hall–Kier alpha value is -1.68. The number of rotatable bonds is 6. The summed E-state index contributed by atoms with van der Waals surface area (Å²) in [6.45, 7) is 7.37. The van der Waals surface area contributed by atoms with Crippen molar-refractivity contribution in [3.63, 3.8) is 0 Å². The van der Waals surface area contributed by atoms with Gasteiger partial charge < -0.3 is 5.11 Å². The Morgan fingerprint density at radius 2 is 1.90 bits per heavy atom. The summed E-state index contributed by atoms with van der Waals surface area (Å²) in [4.78, 5) is 4.34. The van der Waals surface area contributed by atoms with Crippen LogP contribution in [0.3, 0.4) is 0 Å². The Kier molecular flexibility index (Phi) is 4.90. The lowest BCUT2D eigenvalue weighted by atomic mass is 9.95. The van der Waals surface area contributed by atoms with Crippen molar-refractivity contribution < 1.29 is 5.11 Å². The molecule has 0 spiro atoms. The van der Waals surface area contributed by atoms with Gasteiger partial charge in [0, 0.05) is 18.9 Å². The lowest BCUT2D eigenvalue weighted by Gasteiger charge is -2.16. The average molecular weight is 273 g/mol. The fraction of sp³-hybridized carbons (Fsp3) is 0.500. The molecule has 0 radical (unpaired) electrons. The van der Waals surface area contributed by atoms with E-state index in [9.17, 15) is 5.11 Å². The molecular weight excluding hydrogens is 250 g/mol. The highest BCUT2D eigenvalue weighted by Gasteiger charge is 2.15. The number of aliphatic hydroxyl groups excluding tert-OH is 1. The molecule has 0 bridgehead atoms. The van der Waals surface area contributed by atoms with Gasteiger partial charge in [0.1, 0.15) is 12.2 Å². The number of aliphatic hydroxyl groups is 1. The minimum absolute atomic E-state index is 0.0747. The maximum Gasteiger partial charge on any atom is 0.138 e. The molecule has 1 heterocycles. The van der Waals surface area contributed by atoms with E-state index in [0.717, 1.165) is 17.9 Å². The Bertz CT molecular complexity index is 531. The standard InChI is InChI=1S/C16H23N3O/c1-12(2)9-19-16(17-11-18-19)8-15(10-20)14-6-4-13(3)5-7-14/h4-7,11-12,15,20H,8-10H2,1-3H3. The maximum absolute atomic E-state index is 9.66. The van der Waals surface area contributed by atoms with Crippen molar-refractivity contribution in [3.8, 4) is 0 Å². The van der Waals surface area contributed by atoms with Crippen molar-refractivity contribution in [2.24, 2.45) is 5.92 Å². The molecule has 0 aliphatic carbocycles. The largest absolute Gasteiger partial charge is 0.396 e. The van der Waals surface area contributed by atoms with Crippen molar-refractivity contribution in [2.75, 3.05) is 6.61 Å². The molecule has 2 aromatic rings. The molecule has 0 saturated heterocycles. The number of aryl methyl sites for hydroxylation is 1. The van der Waals surface area contributed by atoms with Crippen molar-refractivity contribution in [1.82, 2.24) is 14.8 Å². The van der Waals surface area contributed by atoms with E-state index in [-0.39, 0.29) is 12.5 Å². The SMILES string of the molecule is Cc1ccc(C(CO)Cc2ncnn2CC(C)C)cc1. The summed E-state index contributed by atoms with van der Waals surface area (Å²) < 4.78 is 1.95. The Balaban J connectivity index is 2.14. The van der Waals surface area contributed by atoms with Gasteiger partial charge in [0.05, 0.1) is 6.61 Å². The quantitative estimate of drug-likeness (QED) is 0.880. The third kappa shape index (κ3) is 3.67. The fourth-order valence-corrected chi connectivity index (χ4v) is 2.29. The predicted octanol–water partition coefficient (Wildman–Crippen LogP) is 2.56. The highest BCUT2D eigenvalue weighted by atomic mass is 16.3. The summed E-state index contributed by atoms with van der Waals surface area (Å²) >= 11 is 0. The van der Waals surface area contributed by atoms with Gasteiger partial charge in [-0.2, -0.15) is 5.10 Å². The normalized spacial score (nSPS) is 12.8. The van der Waals surface area contributed by atoms with Crippen molar-refractivity contribution in [3.05, 3.63) is 47.5 Å². The molecule has 0 fully saturated rings. The molecule has 1 atom stereocenters. The van der Waals surface area contributed by atoms with Crippen LogP contribution in [0.25, 0.3) is 0 Å². The molecule has 0 saturated carbocycles. The van der Waals surface area contributed by atoms with Crippen LogP contribution in [0.5, 0.6) is 0 Å². The molecule has 20 heavy (non-hydrogen) atoms. The summed E-state index contributed by atoms with van der Waals surface area (Å²) in [7, 11) is 0. The van der Waals surface area contributed by atoms with E-state index in [1.54, 1.807) is 6.33 Å². The molecular formula is C16H23N3O. The van der Waals surface area contributed by atoms with E-state index in [1.807, 2.05) is 4.68 Å². The lowest BCUT2D eigenvalue weighted by Crippen LogP contribution is -2.15. The first-order valence-corrected chi connectivity index (χ1v) is 7.14. The first-order chi connectivity index (χ1) is 9.60. The van der Waals surface area contributed by atoms with E-state index in [2.05, 4.69) is 55.1 Å². The zero-order valence-corrected chi connectivity index (χ0v) is 12.5. The highest BCUT2D eigenvalue weighted by molar-refractivity contribution is 5.25. The van der Waals surface area contributed by atoms with Crippen molar-refractivity contribution in [2.45, 2.75) is 39.7 Å². The van der Waals surface area contributed by atoms with Crippen molar-refractivity contribution in [1.29, 1.82) is 0 Å². The molecule has 4 nitrogen and oxygen atoms in total. The van der Waals surface area contributed by atoms with E-state index in [1.165, 1.54) is 5.56 Å². The number of aromatic nitrogens is 3. The van der Waals surface area contributed by atoms with Crippen molar-refractivity contribution >= 4 is 0 Å². The van der Waals surface area contributed by atoms with Crippen LogP contribution in [-0.2, 0) is 13.0 Å². The summed E-state index contributed by atoms with van der Waals surface area (Å²) in [5, 5.41) is 13.9. The zero-order chi connectivity index (χ0) is 14.5. The van der Waals surface area contributed by atoms with E-state index in [0.29, 0.717) is 12.3 Å². The van der Waals surface area contributed by atoms with Gasteiger partial charge in [-0.05, 0) is 18.4 Å². The van der Waals surface area contributed by atoms with Gasteiger partial charge in [0.25, 0.3) is 0 Å². The van der Waals surface area contributed by atoms with Gasteiger partial charge >= 0.3 is 0 Å². The van der Waals surface area contributed by atoms with E-state index >= 15 is 0 Å². The minimum atomic E-state index is 0.0747. The first-order valence-electron chi connectivity index (χ1n) is 7.14. The Morgan fingerprint density at radius 3 is 2.50 bits per heavy atom. The molecule has 1 unspecified atom stereocenters. The van der Waals surface area contributed by atoms with Crippen LogP contribution in [0.1, 0.15) is 36.7 Å². The summed E-state index contributed by atoms with van der Waals surface area (Å²) in [5.74, 6) is 1.55. The second-order valence-electron chi connectivity index (χ2n) is 5.75. The van der Waals surface area contributed by atoms with Crippen LogP contribution in [0, 0.1) is 12.8 Å². The third-order valence-electron chi connectivity index (χ3n) is 3.43. The molecule has 0 amide bonds. The van der Waals surface area contributed by atoms with Crippen LogP contribution in [-0.4, -0.2) is 26.5 Å². The molecule has 1 aromatic carbocycles. The molecule has 108 valence electrons. The van der Waals surface area contributed by atoms with Gasteiger partial charge in [-0.1, -0.05) is 43.7 Å². The Labute approximate surface area is 120 Å². The second kappa shape index (κ2) is 6.66. The minimum Gasteiger partial charge on any atom is -0.396 e. The second-order valence-corrected chi connectivity index (χ2v) is 5.75. The van der Waals surface area contributed by atoms with E-state index in [4.69, 9.17) is 0 Å². The smallest absolute Gasteiger partial charge is 0.138 e. The summed E-state index contributed by atoms with van der Waals surface area (Å²) in [5.41, 5.74) is 2.38. The molecule has 1 N–H and O–H groups in total. The van der Waals surface area contributed by atoms with Crippen LogP contribution < -0.4 is 0 Å². The lowest BCUT2D eigenvalue weighted by molar-refractivity contribution is 0.261. The summed E-state index contributed by atoms with van der Waals surface area (Å²) in [6.07, 6.45) is 2.31. The number of hydrogen-bond acceptors (Lipinski definition) is 3. The molecule has 1 aromatic heterocycles. The highest BCUT2D eigenvalue weighted by Crippen LogP contribution is 2.20. The maximum atomic E-state index is 9.66. The summed E-state index contributed by atoms with van der Waals surface area (Å²) in [6, 6.07) is 8.33.